The molecule has 3 rings (SSSR count). The predicted molar refractivity (Wildman–Crippen MR) is 125 cm³/mol. The maximum atomic E-state index is 12.9. The number of ether oxygens (including phenoxy) is 4. The van der Waals surface area contributed by atoms with Gasteiger partial charge in [-0.3, -0.25) is 4.79 Å². The van der Waals surface area contributed by atoms with E-state index in [2.05, 4.69) is 4.98 Å². The van der Waals surface area contributed by atoms with Crippen molar-refractivity contribution < 1.29 is 23.7 Å². The molecule has 1 saturated heterocycles. The first-order valence-electron chi connectivity index (χ1n) is 12.3. The molecule has 1 aliphatic heterocycles. The van der Waals surface area contributed by atoms with Crippen molar-refractivity contribution in [1.29, 1.82) is 0 Å². The monoisotopic (exact) mass is 464 g/mol. The summed E-state index contributed by atoms with van der Waals surface area (Å²) in [5, 5.41) is 0. The number of H-pyrrole nitrogens is 1. The van der Waals surface area contributed by atoms with Crippen LogP contribution in [0.15, 0.2) is 23.0 Å². The Labute approximate surface area is 196 Å². The summed E-state index contributed by atoms with van der Waals surface area (Å²) >= 11 is 0. The van der Waals surface area contributed by atoms with Gasteiger partial charge in [0, 0.05) is 24.9 Å². The summed E-state index contributed by atoms with van der Waals surface area (Å²) in [7, 11) is 0. The Balaban J connectivity index is 1.59. The van der Waals surface area contributed by atoms with Gasteiger partial charge in [-0.1, -0.05) is 6.07 Å². The Bertz CT molecular complexity index is 797. The van der Waals surface area contributed by atoms with Crippen LogP contribution in [0.1, 0.15) is 77.8 Å². The molecular formula is C25H40N2O6. The SMILES string of the molecule is CCOCO[C@H]1CCCN(C(=O)OC(C)(C)C)[C@H]1COC1CCC(c2cccc(=O)[nH]2)CC1. The third-order valence-corrected chi connectivity index (χ3v) is 6.32. The molecule has 2 aliphatic rings. The van der Waals surface area contributed by atoms with Gasteiger partial charge in [-0.05, 0) is 78.2 Å². The Kier molecular flexibility index (Phi) is 9.35. The summed E-state index contributed by atoms with van der Waals surface area (Å²) < 4.78 is 23.4. The van der Waals surface area contributed by atoms with Gasteiger partial charge in [-0.2, -0.15) is 0 Å². The van der Waals surface area contributed by atoms with Crippen molar-refractivity contribution in [2.45, 2.75) is 96.0 Å². The van der Waals surface area contributed by atoms with Crippen LogP contribution in [0.5, 0.6) is 0 Å². The topological polar surface area (TPSA) is 90.1 Å². The van der Waals surface area contributed by atoms with E-state index < -0.39 is 5.60 Å². The minimum Gasteiger partial charge on any atom is -0.444 e. The smallest absolute Gasteiger partial charge is 0.410 e. The van der Waals surface area contributed by atoms with E-state index in [4.69, 9.17) is 18.9 Å². The fraction of sp³-hybridized carbons (Fsp3) is 0.760. The van der Waals surface area contributed by atoms with E-state index >= 15 is 0 Å². The van der Waals surface area contributed by atoms with E-state index in [0.29, 0.717) is 25.7 Å². The second-order valence-corrected chi connectivity index (χ2v) is 9.98. The molecule has 1 aliphatic carbocycles. The molecular weight excluding hydrogens is 424 g/mol. The predicted octanol–water partition coefficient (Wildman–Crippen LogP) is 4.20. The summed E-state index contributed by atoms with van der Waals surface area (Å²) in [6, 6.07) is 5.14. The van der Waals surface area contributed by atoms with Crippen molar-refractivity contribution >= 4 is 6.09 Å². The van der Waals surface area contributed by atoms with Crippen LogP contribution in [0.4, 0.5) is 4.79 Å². The molecule has 0 spiro atoms. The lowest BCUT2D eigenvalue weighted by Gasteiger charge is -2.42. The lowest BCUT2D eigenvalue weighted by atomic mass is 9.85. The summed E-state index contributed by atoms with van der Waals surface area (Å²) in [5.41, 5.74) is 0.399. The van der Waals surface area contributed by atoms with Gasteiger partial charge >= 0.3 is 6.09 Å². The summed E-state index contributed by atoms with van der Waals surface area (Å²) in [5.74, 6) is 0.356. The number of carbonyl (C=O) groups excluding carboxylic acids is 1. The van der Waals surface area contributed by atoms with Crippen LogP contribution in [0, 0.1) is 0 Å². The Morgan fingerprint density at radius 2 is 1.88 bits per heavy atom. The Hall–Kier alpha value is -1.90. The quantitative estimate of drug-likeness (QED) is 0.458. The number of aromatic nitrogens is 1. The van der Waals surface area contributed by atoms with Crippen LogP contribution in [0.2, 0.25) is 0 Å². The highest BCUT2D eigenvalue weighted by Crippen LogP contribution is 2.33. The summed E-state index contributed by atoms with van der Waals surface area (Å²) in [6.45, 7) is 9.39. The lowest BCUT2D eigenvalue weighted by molar-refractivity contribution is -0.138. The first-order chi connectivity index (χ1) is 15.8. The highest BCUT2D eigenvalue weighted by atomic mass is 16.7. The van der Waals surface area contributed by atoms with E-state index in [-0.39, 0.29) is 36.7 Å². The maximum Gasteiger partial charge on any atom is 0.410 e. The van der Waals surface area contributed by atoms with Gasteiger partial charge in [0.2, 0.25) is 5.56 Å². The minimum absolute atomic E-state index is 0.0523. The zero-order valence-electron chi connectivity index (χ0n) is 20.5. The van der Waals surface area contributed by atoms with Gasteiger partial charge in [0.15, 0.2) is 0 Å². The third-order valence-electron chi connectivity index (χ3n) is 6.32. The normalized spacial score (nSPS) is 26.2. The van der Waals surface area contributed by atoms with E-state index in [0.717, 1.165) is 44.2 Å². The second kappa shape index (κ2) is 12.0. The molecule has 0 bridgehead atoms. The molecule has 1 aromatic rings. The van der Waals surface area contributed by atoms with Gasteiger partial charge in [0.05, 0.1) is 24.9 Å². The average Bonchev–Trinajstić information content (AvgIpc) is 2.77. The van der Waals surface area contributed by atoms with E-state index in [1.54, 1.807) is 11.0 Å². The average molecular weight is 465 g/mol. The molecule has 1 aromatic heterocycles. The second-order valence-electron chi connectivity index (χ2n) is 9.98. The Morgan fingerprint density at radius 3 is 2.55 bits per heavy atom. The van der Waals surface area contributed by atoms with Gasteiger partial charge in [0.25, 0.3) is 0 Å². The number of pyridine rings is 1. The Morgan fingerprint density at radius 1 is 1.12 bits per heavy atom. The van der Waals surface area contributed by atoms with E-state index in [1.165, 1.54) is 0 Å². The lowest BCUT2D eigenvalue weighted by Crippen LogP contribution is -2.55. The van der Waals surface area contributed by atoms with Crippen molar-refractivity contribution in [3.05, 3.63) is 34.2 Å². The zero-order valence-corrected chi connectivity index (χ0v) is 20.5. The fourth-order valence-electron chi connectivity index (χ4n) is 4.66. The molecule has 1 amide bonds. The van der Waals surface area contributed by atoms with Crippen LogP contribution in [-0.2, 0) is 18.9 Å². The minimum atomic E-state index is -0.557. The molecule has 0 aromatic carbocycles. The van der Waals surface area contributed by atoms with Crippen molar-refractivity contribution in [2.24, 2.45) is 0 Å². The molecule has 8 heteroatoms. The van der Waals surface area contributed by atoms with Gasteiger partial charge in [-0.15, -0.1) is 0 Å². The number of aromatic amines is 1. The molecule has 33 heavy (non-hydrogen) atoms. The highest BCUT2D eigenvalue weighted by molar-refractivity contribution is 5.68. The van der Waals surface area contributed by atoms with Crippen LogP contribution < -0.4 is 5.56 Å². The number of likely N-dealkylation sites (tertiary alicyclic amines) is 1. The number of hydrogen-bond donors (Lipinski definition) is 1. The first kappa shape index (κ1) is 25.7. The van der Waals surface area contributed by atoms with Gasteiger partial charge in [-0.25, -0.2) is 4.79 Å². The first-order valence-corrected chi connectivity index (χ1v) is 12.3. The third kappa shape index (κ3) is 7.83. The van der Waals surface area contributed by atoms with E-state index in [1.807, 2.05) is 39.8 Å². The summed E-state index contributed by atoms with van der Waals surface area (Å²) in [6.07, 6.45) is 5.15. The zero-order chi connectivity index (χ0) is 23.8. The van der Waals surface area contributed by atoms with Gasteiger partial charge < -0.3 is 28.8 Å². The number of amides is 1. The number of rotatable bonds is 8. The molecule has 2 fully saturated rings. The summed E-state index contributed by atoms with van der Waals surface area (Å²) in [4.78, 5) is 29.3. The van der Waals surface area contributed by atoms with Crippen molar-refractivity contribution in [1.82, 2.24) is 9.88 Å². The number of nitrogens with one attached hydrogen (secondary N) is 1. The molecule has 0 radical (unpaired) electrons. The number of hydrogen-bond acceptors (Lipinski definition) is 6. The van der Waals surface area contributed by atoms with E-state index in [9.17, 15) is 9.59 Å². The van der Waals surface area contributed by atoms with Crippen molar-refractivity contribution in [3.8, 4) is 0 Å². The maximum absolute atomic E-state index is 12.9. The van der Waals surface area contributed by atoms with Gasteiger partial charge in [0.1, 0.15) is 12.4 Å². The molecule has 8 nitrogen and oxygen atoms in total. The van der Waals surface area contributed by atoms with Crippen LogP contribution >= 0.6 is 0 Å². The standard InChI is InChI=1S/C25H40N2O6/c1-5-30-17-32-22-9-7-15-27(24(29)33-25(2,3)4)21(22)16-31-19-13-11-18(12-14-19)20-8-6-10-23(28)26-20/h6,8,10,18-19,21-22H,5,7,9,11-17H2,1-4H3,(H,26,28)/t18?,19?,21-,22-/m0/s1. The molecule has 2 heterocycles. The fourth-order valence-corrected chi connectivity index (χ4v) is 4.66. The van der Waals surface area contributed by atoms with Crippen molar-refractivity contribution in [3.63, 3.8) is 0 Å². The largest absolute Gasteiger partial charge is 0.444 e. The number of carbonyl (C=O) groups is 1. The number of piperidine rings is 1. The molecule has 1 N–H and O–H groups in total. The van der Waals surface area contributed by atoms with Crippen LogP contribution in [0.3, 0.4) is 0 Å². The van der Waals surface area contributed by atoms with Crippen LogP contribution in [0.25, 0.3) is 0 Å². The molecule has 0 unspecified atom stereocenters. The number of nitrogens with zero attached hydrogens (tertiary/aromatic N) is 1. The molecule has 2 atom stereocenters. The molecule has 186 valence electrons. The highest BCUT2D eigenvalue weighted by Gasteiger charge is 2.38. The van der Waals surface area contributed by atoms with Crippen LogP contribution in [-0.4, -0.2) is 66.4 Å². The van der Waals surface area contributed by atoms with Crippen molar-refractivity contribution in [2.75, 3.05) is 26.6 Å². The molecule has 1 saturated carbocycles.